The van der Waals surface area contributed by atoms with Crippen LogP contribution in [-0.2, 0) is 33.5 Å². The standard InChI is InChI=1S/C19H15F3N2O4/c1-12(27-11-25)18(26)24-7-6-13-2-4-16(8-14(13)10-24)28-17-5-3-15(9-23-17)19(20,21)22/h2-5,8-9,11H,1,6-7,10H2. The topological polar surface area (TPSA) is 68.7 Å². The van der Waals surface area contributed by atoms with Gasteiger partial charge in [-0.25, -0.2) is 4.98 Å². The van der Waals surface area contributed by atoms with E-state index in [0.29, 0.717) is 24.9 Å². The molecule has 0 fully saturated rings. The summed E-state index contributed by atoms with van der Waals surface area (Å²) >= 11 is 0. The summed E-state index contributed by atoms with van der Waals surface area (Å²) in [5.74, 6) is -0.360. The van der Waals surface area contributed by atoms with Crippen LogP contribution in [-0.4, -0.2) is 28.8 Å². The number of alkyl halides is 3. The first-order valence-electron chi connectivity index (χ1n) is 8.19. The molecule has 2 aromatic rings. The van der Waals surface area contributed by atoms with Crippen LogP contribution in [0.1, 0.15) is 16.7 Å². The van der Waals surface area contributed by atoms with Crippen LogP contribution in [0.4, 0.5) is 13.2 Å². The second-order valence-electron chi connectivity index (χ2n) is 6.03. The van der Waals surface area contributed by atoms with Gasteiger partial charge in [0.2, 0.25) is 5.88 Å². The van der Waals surface area contributed by atoms with E-state index < -0.39 is 17.6 Å². The number of hydrogen-bond donors (Lipinski definition) is 0. The summed E-state index contributed by atoms with van der Waals surface area (Å²) in [7, 11) is 0. The van der Waals surface area contributed by atoms with Crippen molar-refractivity contribution in [3.63, 3.8) is 0 Å². The van der Waals surface area contributed by atoms with Gasteiger partial charge in [0.25, 0.3) is 12.4 Å². The number of aromatic nitrogens is 1. The number of carbonyl (C=O) groups excluding carboxylic acids is 2. The first-order chi connectivity index (χ1) is 13.3. The molecule has 1 amide bonds. The monoisotopic (exact) mass is 392 g/mol. The Bertz CT molecular complexity index is 910. The molecular formula is C19H15F3N2O4. The van der Waals surface area contributed by atoms with Crippen molar-refractivity contribution in [1.29, 1.82) is 0 Å². The molecule has 0 aliphatic carbocycles. The van der Waals surface area contributed by atoms with E-state index in [4.69, 9.17) is 4.74 Å². The van der Waals surface area contributed by atoms with Gasteiger partial charge in [-0.05, 0) is 35.7 Å². The molecule has 6 nitrogen and oxygen atoms in total. The number of nitrogens with zero attached hydrogens (tertiary/aromatic N) is 2. The van der Waals surface area contributed by atoms with E-state index in [1.807, 2.05) is 6.07 Å². The molecule has 0 spiro atoms. The molecule has 2 heterocycles. The fourth-order valence-electron chi connectivity index (χ4n) is 2.78. The van der Waals surface area contributed by atoms with Crippen molar-refractivity contribution in [2.75, 3.05) is 6.54 Å². The van der Waals surface area contributed by atoms with Gasteiger partial charge < -0.3 is 14.4 Å². The molecule has 1 aliphatic rings. The summed E-state index contributed by atoms with van der Waals surface area (Å²) in [4.78, 5) is 27.7. The van der Waals surface area contributed by atoms with Crippen LogP contribution in [0, 0.1) is 0 Å². The number of halogens is 3. The third-order valence-electron chi connectivity index (χ3n) is 4.19. The lowest BCUT2D eigenvalue weighted by Gasteiger charge is -2.29. The Morgan fingerprint density at radius 3 is 2.64 bits per heavy atom. The SMILES string of the molecule is C=C(OC=O)C(=O)N1CCc2ccc(Oc3ccc(C(F)(F)F)cn3)cc2C1. The number of rotatable bonds is 5. The Labute approximate surface area is 158 Å². The lowest BCUT2D eigenvalue weighted by molar-refractivity contribution is -0.137. The summed E-state index contributed by atoms with van der Waals surface area (Å²) in [5, 5.41) is 0. The highest BCUT2D eigenvalue weighted by Crippen LogP contribution is 2.31. The fraction of sp³-hybridized carbons (Fsp3) is 0.211. The molecule has 146 valence electrons. The van der Waals surface area contributed by atoms with Crippen molar-refractivity contribution in [2.24, 2.45) is 0 Å². The molecule has 0 atom stereocenters. The maximum atomic E-state index is 12.6. The molecule has 1 aromatic heterocycles. The Kier molecular flexibility index (Phi) is 5.34. The van der Waals surface area contributed by atoms with Crippen molar-refractivity contribution in [2.45, 2.75) is 19.1 Å². The summed E-state index contributed by atoms with van der Waals surface area (Å²) in [6, 6.07) is 7.23. The van der Waals surface area contributed by atoms with Gasteiger partial charge in [-0.3, -0.25) is 9.59 Å². The quantitative estimate of drug-likeness (QED) is 0.443. The first kappa shape index (κ1) is 19.4. The van der Waals surface area contributed by atoms with Gasteiger partial charge in [0, 0.05) is 25.4 Å². The van der Waals surface area contributed by atoms with Gasteiger partial charge in [-0.1, -0.05) is 12.6 Å². The normalized spacial score (nSPS) is 13.5. The number of hydrogen-bond acceptors (Lipinski definition) is 5. The van der Waals surface area contributed by atoms with E-state index in [0.717, 1.165) is 23.3 Å². The molecule has 28 heavy (non-hydrogen) atoms. The summed E-state index contributed by atoms with van der Waals surface area (Å²) in [6.45, 7) is 4.25. The number of fused-ring (bicyclic) bond motifs is 1. The number of pyridine rings is 1. The second kappa shape index (κ2) is 7.71. The molecule has 0 bridgehead atoms. The maximum Gasteiger partial charge on any atom is 0.417 e. The van der Waals surface area contributed by atoms with E-state index in [1.54, 1.807) is 12.1 Å². The van der Waals surface area contributed by atoms with Gasteiger partial charge >= 0.3 is 6.18 Å². The van der Waals surface area contributed by atoms with Crippen molar-refractivity contribution in [3.8, 4) is 11.6 Å². The van der Waals surface area contributed by atoms with Gasteiger partial charge in [-0.15, -0.1) is 0 Å². The van der Waals surface area contributed by atoms with Crippen molar-refractivity contribution >= 4 is 12.4 Å². The lowest BCUT2D eigenvalue weighted by atomic mass is 9.99. The van der Waals surface area contributed by atoms with Gasteiger partial charge in [-0.2, -0.15) is 13.2 Å². The minimum Gasteiger partial charge on any atom is -0.439 e. The van der Waals surface area contributed by atoms with Crippen molar-refractivity contribution < 1.29 is 32.2 Å². The molecule has 1 aromatic carbocycles. The summed E-state index contributed by atoms with van der Waals surface area (Å²) < 4.78 is 47.8. The minimum absolute atomic E-state index is 0.0180. The highest BCUT2D eigenvalue weighted by molar-refractivity contribution is 5.92. The zero-order valence-corrected chi connectivity index (χ0v) is 14.5. The Balaban J connectivity index is 1.73. The van der Waals surface area contributed by atoms with Gasteiger partial charge in [0.1, 0.15) is 5.75 Å². The zero-order valence-electron chi connectivity index (χ0n) is 14.5. The first-order valence-corrected chi connectivity index (χ1v) is 8.19. The Hall–Kier alpha value is -3.36. The number of amides is 1. The molecule has 0 N–H and O–H groups in total. The Morgan fingerprint density at radius 1 is 1.21 bits per heavy atom. The van der Waals surface area contributed by atoms with Gasteiger partial charge in [0.05, 0.1) is 5.56 Å². The molecule has 0 radical (unpaired) electrons. The highest BCUT2D eigenvalue weighted by atomic mass is 19.4. The van der Waals surface area contributed by atoms with Crippen molar-refractivity contribution in [1.82, 2.24) is 9.88 Å². The highest BCUT2D eigenvalue weighted by Gasteiger charge is 2.30. The average molecular weight is 392 g/mol. The molecule has 0 saturated heterocycles. The van der Waals surface area contributed by atoms with Crippen LogP contribution in [0.2, 0.25) is 0 Å². The lowest BCUT2D eigenvalue weighted by Crippen LogP contribution is -2.37. The smallest absolute Gasteiger partial charge is 0.417 e. The number of ether oxygens (including phenoxy) is 2. The van der Waals surface area contributed by atoms with Crippen LogP contribution in [0.5, 0.6) is 11.6 Å². The summed E-state index contributed by atoms with van der Waals surface area (Å²) in [5.41, 5.74) is 0.957. The largest absolute Gasteiger partial charge is 0.439 e. The molecule has 1 aliphatic heterocycles. The minimum atomic E-state index is -4.47. The number of benzene rings is 1. The predicted octanol–water partition coefficient (Wildman–Crippen LogP) is 3.46. The van der Waals surface area contributed by atoms with E-state index in [9.17, 15) is 22.8 Å². The van der Waals surface area contributed by atoms with Gasteiger partial charge in [0.15, 0.2) is 5.76 Å². The third-order valence-corrected chi connectivity index (χ3v) is 4.19. The molecule has 0 unspecified atom stereocenters. The molecule has 0 saturated carbocycles. The van der Waals surface area contributed by atoms with Crippen LogP contribution in [0.25, 0.3) is 0 Å². The molecule has 9 heteroatoms. The van der Waals surface area contributed by atoms with E-state index in [2.05, 4.69) is 16.3 Å². The van der Waals surface area contributed by atoms with Crippen LogP contribution in [0.3, 0.4) is 0 Å². The predicted molar refractivity (Wildman–Crippen MR) is 91.2 cm³/mol. The van der Waals surface area contributed by atoms with E-state index in [1.165, 1.54) is 4.90 Å². The van der Waals surface area contributed by atoms with E-state index in [-0.39, 0.29) is 24.7 Å². The average Bonchev–Trinajstić information content (AvgIpc) is 2.66. The third kappa shape index (κ3) is 4.30. The van der Waals surface area contributed by atoms with Crippen molar-refractivity contribution in [3.05, 3.63) is 65.6 Å². The van der Waals surface area contributed by atoms with Crippen LogP contribution < -0.4 is 4.74 Å². The Morgan fingerprint density at radius 2 is 2.00 bits per heavy atom. The van der Waals surface area contributed by atoms with Crippen LogP contribution in [0.15, 0.2) is 48.9 Å². The molecule has 3 rings (SSSR count). The maximum absolute atomic E-state index is 12.6. The number of carbonyl (C=O) groups is 2. The summed E-state index contributed by atoms with van der Waals surface area (Å²) in [6.07, 6.45) is -3.17. The zero-order chi connectivity index (χ0) is 20.3. The second-order valence-corrected chi connectivity index (χ2v) is 6.03. The molecular weight excluding hydrogens is 377 g/mol. The fourth-order valence-corrected chi connectivity index (χ4v) is 2.78. The van der Waals surface area contributed by atoms with E-state index >= 15 is 0 Å². The van der Waals surface area contributed by atoms with Crippen LogP contribution >= 0.6 is 0 Å².